The van der Waals surface area contributed by atoms with E-state index in [1.165, 1.54) is 4.31 Å². The molecule has 138 valence electrons. The molecule has 1 aliphatic rings. The molecule has 8 heteroatoms. The van der Waals surface area contributed by atoms with Crippen molar-refractivity contribution < 1.29 is 22.7 Å². The first-order valence-electron chi connectivity index (χ1n) is 8.12. The van der Waals surface area contributed by atoms with Gasteiger partial charge in [0.05, 0.1) is 17.0 Å². The van der Waals surface area contributed by atoms with Gasteiger partial charge in [-0.3, -0.25) is 4.31 Å². The highest BCUT2D eigenvalue weighted by atomic mass is 35.5. The molecule has 0 radical (unpaired) electrons. The molecule has 0 saturated carbocycles. The van der Waals surface area contributed by atoms with Crippen LogP contribution in [0.4, 0.5) is 5.69 Å². The summed E-state index contributed by atoms with van der Waals surface area (Å²) in [5.74, 6) is 0.268. The van der Waals surface area contributed by atoms with Crippen molar-refractivity contribution in [3.05, 3.63) is 59.1 Å². The summed E-state index contributed by atoms with van der Waals surface area (Å²) in [5, 5.41) is 0.569. The van der Waals surface area contributed by atoms with E-state index in [1.807, 2.05) is 0 Å². The van der Waals surface area contributed by atoms with Crippen LogP contribution in [0.1, 0.15) is 16.8 Å². The lowest BCUT2D eigenvalue weighted by Gasteiger charge is -2.16. The Morgan fingerprint density at radius 1 is 1.12 bits per heavy atom. The van der Waals surface area contributed by atoms with Gasteiger partial charge in [0, 0.05) is 11.6 Å². The van der Waals surface area contributed by atoms with Gasteiger partial charge >= 0.3 is 5.97 Å². The fourth-order valence-corrected chi connectivity index (χ4v) is 4.37. The number of sulfonamides is 1. The number of anilines is 1. The lowest BCUT2D eigenvalue weighted by molar-refractivity contribution is 0.0450. The zero-order valence-corrected chi connectivity index (χ0v) is 15.5. The van der Waals surface area contributed by atoms with Gasteiger partial charge in [-0.05, 0) is 48.9 Å². The van der Waals surface area contributed by atoms with E-state index in [9.17, 15) is 13.2 Å². The number of ether oxygens (including phenoxy) is 2. The van der Waals surface area contributed by atoms with Crippen LogP contribution in [0, 0.1) is 0 Å². The summed E-state index contributed by atoms with van der Waals surface area (Å²) in [5.41, 5.74) is 0.913. The molecule has 1 aliphatic heterocycles. The summed E-state index contributed by atoms with van der Waals surface area (Å²) in [7, 11) is -3.23. The molecular formula is C18H18ClNO5S. The Labute approximate surface area is 157 Å². The lowest BCUT2D eigenvalue weighted by atomic mass is 10.2. The maximum atomic E-state index is 12.0. The number of benzene rings is 2. The normalized spacial score (nSPS) is 15.7. The molecular weight excluding hydrogens is 378 g/mol. The van der Waals surface area contributed by atoms with Crippen LogP contribution >= 0.6 is 11.6 Å². The smallest absolute Gasteiger partial charge is 0.338 e. The van der Waals surface area contributed by atoms with Crippen molar-refractivity contribution in [2.24, 2.45) is 0 Å². The molecule has 0 bridgehead atoms. The summed E-state index contributed by atoms with van der Waals surface area (Å²) < 4.78 is 35.8. The molecule has 26 heavy (non-hydrogen) atoms. The average molecular weight is 396 g/mol. The Kier molecular flexibility index (Phi) is 5.68. The third kappa shape index (κ3) is 4.47. The van der Waals surface area contributed by atoms with E-state index in [0.29, 0.717) is 35.0 Å². The van der Waals surface area contributed by atoms with Crippen molar-refractivity contribution in [1.29, 1.82) is 0 Å². The molecule has 1 saturated heterocycles. The molecule has 0 amide bonds. The molecule has 1 fully saturated rings. The Morgan fingerprint density at radius 3 is 2.54 bits per heavy atom. The van der Waals surface area contributed by atoms with Gasteiger partial charge in [-0.25, -0.2) is 13.2 Å². The first-order chi connectivity index (χ1) is 12.5. The Bertz CT molecular complexity index is 883. The third-order valence-electron chi connectivity index (χ3n) is 3.87. The summed E-state index contributed by atoms with van der Waals surface area (Å²) in [4.78, 5) is 12.0. The second-order valence-electron chi connectivity index (χ2n) is 5.73. The third-order valence-corrected chi connectivity index (χ3v) is 5.98. The first-order valence-corrected chi connectivity index (χ1v) is 10.1. The highest BCUT2D eigenvalue weighted by molar-refractivity contribution is 7.93. The summed E-state index contributed by atoms with van der Waals surface area (Å²) in [6, 6.07) is 13.3. The monoisotopic (exact) mass is 395 g/mol. The minimum absolute atomic E-state index is 0.0909. The zero-order chi connectivity index (χ0) is 18.6. The molecule has 3 rings (SSSR count). The molecule has 2 aromatic carbocycles. The highest BCUT2D eigenvalue weighted by Crippen LogP contribution is 2.24. The fraction of sp³-hybridized carbons (Fsp3) is 0.278. The van der Waals surface area contributed by atoms with E-state index < -0.39 is 16.0 Å². The van der Waals surface area contributed by atoms with Crippen molar-refractivity contribution in [2.45, 2.75) is 6.42 Å². The minimum atomic E-state index is -3.23. The van der Waals surface area contributed by atoms with E-state index in [0.717, 1.165) is 0 Å². The van der Waals surface area contributed by atoms with E-state index in [4.69, 9.17) is 21.1 Å². The summed E-state index contributed by atoms with van der Waals surface area (Å²) in [6.45, 7) is 0.761. The second kappa shape index (κ2) is 7.97. The van der Waals surface area contributed by atoms with Gasteiger partial charge in [0.15, 0.2) is 0 Å². The first kappa shape index (κ1) is 18.5. The van der Waals surface area contributed by atoms with Crippen molar-refractivity contribution >= 4 is 33.3 Å². The lowest BCUT2D eigenvalue weighted by Crippen LogP contribution is -2.25. The number of rotatable bonds is 6. The molecule has 6 nitrogen and oxygen atoms in total. The van der Waals surface area contributed by atoms with E-state index in [1.54, 1.807) is 48.5 Å². The number of carbonyl (C=O) groups excluding carboxylic acids is 1. The molecule has 0 unspecified atom stereocenters. The average Bonchev–Trinajstić information content (AvgIpc) is 2.98. The van der Waals surface area contributed by atoms with Crippen molar-refractivity contribution in [3.63, 3.8) is 0 Å². The molecule has 0 atom stereocenters. The molecule has 0 aliphatic carbocycles. The Morgan fingerprint density at radius 2 is 1.88 bits per heavy atom. The van der Waals surface area contributed by atoms with Crippen LogP contribution in [0.5, 0.6) is 5.75 Å². The van der Waals surface area contributed by atoms with Gasteiger partial charge in [-0.2, -0.15) is 0 Å². The van der Waals surface area contributed by atoms with Crippen molar-refractivity contribution in [1.82, 2.24) is 0 Å². The van der Waals surface area contributed by atoms with Crippen molar-refractivity contribution in [2.75, 3.05) is 29.8 Å². The molecule has 0 spiro atoms. The van der Waals surface area contributed by atoms with Crippen LogP contribution in [0.15, 0.2) is 48.5 Å². The standard InChI is InChI=1S/C18H18ClNO5S/c19-15-3-1-4-17(13-15)24-10-11-25-18(21)14-5-7-16(8-6-14)20-9-2-12-26(20,22)23/h1,3-8,13H,2,9-12H2. The summed E-state index contributed by atoms with van der Waals surface area (Å²) >= 11 is 5.86. The van der Waals surface area contributed by atoms with Gasteiger partial charge in [-0.1, -0.05) is 17.7 Å². The number of hydrogen-bond donors (Lipinski definition) is 0. The minimum Gasteiger partial charge on any atom is -0.490 e. The number of halogens is 1. The zero-order valence-electron chi connectivity index (χ0n) is 13.9. The fourth-order valence-electron chi connectivity index (χ4n) is 2.63. The van der Waals surface area contributed by atoms with Crippen LogP contribution in [-0.4, -0.2) is 39.9 Å². The largest absolute Gasteiger partial charge is 0.490 e. The van der Waals surface area contributed by atoms with Gasteiger partial charge in [-0.15, -0.1) is 0 Å². The quantitative estimate of drug-likeness (QED) is 0.555. The molecule has 2 aromatic rings. The maximum Gasteiger partial charge on any atom is 0.338 e. The molecule has 1 heterocycles. The number of carbonyl (C=O) groups is 1. The van der Waals surface area contributed by atoms with E-state index in [2.05, 4.69) is 0 Å². The van der Waals surface area contributed by atoms with Crippen LogP contribution in [0.25, 0.3) is 0 Å². The number of esters is 1. The highest BCUT2D eigenvalue weighted by Gasteiger charge is 2.28. The van der Waals surface area contributed by atoms with Crippen LogP contribution in [0.2, 0.25) is 5.02 Å². The Hall–Kier alpha value is -2.25. The van der Waals surface area contributed by atoms with Crippen molar-refractivity contribution in [3.8, 4) is 5.75 Å². The predicted octanol–water partition coefficient (Wildman–Crippen LogP) is 3.12. The van der Waals surface area contributed by atoms with E-state index >= 15 is 0 Å². The SMILES string of the molecule is O=C(OCCOc1cccc(Cl)c1)c1ccc(N2CCCS2(=O)=O)cc1. The molecule has 0 N–H and O–H groups in total. The van der Waals surface area contributed by atoms with Gasteiger partial charge < -0.3 is 9.47 Å². The van der Waals surface area contributed by atoms with Gasteiger partial charge in [0.1, 0.15) is 19.0 Å². The van der Waals surface area contributed by atoms with Crippen LogP contribution in [0.3, 0.4) is 0 Å². The number of nitrogens with zero attached hydrogens (tertiary/aromatic N) is 1. The summed E-state index contributed by atoms with van der Waals surface area (Å²) in [6.07, 6.45) is 0.610. The van der Waals surface area contributed by atoms with Gasteiger partial charge in [0.2, 0.25) is 10.0 Å². The number of hydrogen-bond acceptors (Lipinski definition) is 5. The van der Waals surface area contributed by atoms with E-state index in [-0.39, 0.29) is 19.0 Å². The predicted molar refractivity (Wildman–Crippen MR) is 99.4 cm³/mol. The second-order valence-corrected chi connectivity index (χ2v) is 8.18. The Balaban J connectivity index is 1.50. The van der Waals surface area contributed by atoms with Crippen LogP contribution in [-0.2, 0) is 14.8 Å². The van der Waals surface area contributed by atoms with Crippen LogP contribution < -0.4 is 9.04 Å². The topological polar surface area (TPSA) is 72.9 Å². The maximum absolute atomic E-state index is 12.0. The molecule has 0 aromatic heterocycles. The van der Waals surface area contributed by atoms with Gasteiger partial charge in [0.25, 0.3) is 0 Å².